The lowest BCUT2D eigenvalue weighted by molar-refractivity contribution is 0.598. The Labute approximate surface area is 104 Å². The normalized spacial score (nSPS) is 11.4. The third-order valence-corrected chi connectivity index (χ3v) is 3.29. The molecule has 1 heterocycles. The predicted octanol–water partition coefficient (Wildman–Crippen LogP) is 0.251. The Morgan fingerprint density at radius 1 is 1.39 bits per heavy atom. The molecule has 1 aromatic heterocycles. The number of hydrogen-bond acceptors (Lipinski definition) is 5. The van der Waals surface area contributed by atoms with Gasteiger partial charge in [0.2, 0.25) is 10.0 Å². The summed E-state index contributed by atoms with van der Waals surface area (Å²) < 4.78 is 22.4. The van der Waals surface area contributed by atoms with Crippen molar-refractivity contribution in [3.05, 3.63) is 36.4 Å². The molecule has 8 heteroatoms. The number of imidazole rings is 1. The summed E-state index contributed by atoms with van der Waals surface area (Å²) in [5, 5.41) is 8.07. The molecular formula is C10H13N5O2S. The number of nitrogens with one attached hydrogen (secondary N) is 2. The van der Waals surface area contributed by atoms with E-state index in [9.17, 15) is 8.42 Å². The fraction of sp³-hybridized carbons (Fsp3) is 0.100. The first-order chi connectivity index (χ1) is 8.47. The smallest absolute Gasteiger partial charge is 0.238 e. The number of rotatable bonds is 4. The van der Waals surface area contributed by atoms with Gasteiger partial charge in [0, 0.05) is 6.20 Å². The number of hydrogen-bond donors (Lipinski definition) is 4. The average Bonchev–Trinajstić information content (AvgIpc) is 2.79. The number of benzene rings is 1. The first kappa shape index (κ1) is 12.4. The highest BCUT2D eigenvalue weighted by Gasteiger charge is 2.10. The van der Waals surface area contributed by atoms with Crippen molar-refractivity contribution in [1.29, 1.82) is 0 Å². The number of nitrogen functional groups attached to an aromatic ring is 1. The molecule has 0 aliphatic rings. The Morgan fingerprint density at radius 2 is 2.17 bits per heavy atom. The number of H-pyrrole nitrogens is 1. The van der Waals surface area contributed by atoms with Crippen molar-refractivity contribution in [1.82, 2.24) is 9.97 Å². The molecule has 18 heavy (non-hydrogen) atoms. The summed E-state index contributed by atoms with van der Waals surface area (Å²) in [5.41, 5.74) is 7.56. The Balaban J connectivity index is 2.22. The molecule has 96 valence electrons. The van der Waals surface area contributed by atoms with Gasteiger partial charge in [0.1, 0.15) is 0 Å². The van der Waals surface area contributed by atoms with Crippen LogP contribution in [0.3, 0.4) is 0 Å². The lowest BCUT2D eigenvalue weighted by atomic mass is 10.2. The van der Waals surface area contributed by atoms with Gasteiger partial charge < -0.3 is 16.0 Å². The first-order valence-corrected chi connectivity index (χ1v) is 6.65. The van der Waals surface area contributed by atoms with Crippen LogP contribution in [0.4, 0.5) is 11.4 Å². The topological polar surface area (TPSA) is 127 Å². The van der Waals surface area contributed by atoms with Gasteiger partial charge in [-0.15, -0.1) is 0 Å². The molecule has 0 atom stereocenters. The minimum absolute atomic E-state index is 0.0174. The van der Waals surface area contributed by atoms with Crippen LogP contribution in [0, 0.1) is 0 Å². The van der Waals surface area contributed by atoms with Crippen LogP contribution in [0.2, 0.25) is 0 Å². The maximum absolute atomic E-state index is 11.2. The second-order valence-electron chi connectivity index (χ2n) is 3.72. The van der Waals surface area contributed by atoms with Crippen LogP contribution >= 0.6 is 0 Å². The lowest BCUT2D eigenvalue weighted by Gasteiger charge is -2.09. The highest BCUT2D eigenvalue weighted by molar-refractivity contribution is 7.89. The summed E-state index contributed by atoms with van der Waals surface area (Å²) in [7, 11) is -3.73. The summed E-state index contributed by atoms with van der Waals surface area (Å²) in [6, 6.07) is 4.27. The quantitative estimate of drug-likeness (QED) is 0.590. The monoisotopic (exact) mass is 267 g/mol. The predicted molar refractivity (Wildman–Crippen MR) is 68.1 cm³/mol. The van der Waals surface area contributed by atoms with E-state index in [-0.39, 0.29) is 4.90 Å². The van der Waals surface area contributed by atoms with Gasteiger partial charge in [0.05, 0.1) is 34.8 Å². The van der Waals surface area contributed by atoms with Crippen molar-refractivity contribution >= 4 is 21.4 Å². The second-order valence-corrected chi connectivity index (χ2v) is 5.29. The van der Waals surface area contributed by atoms with Gasteiger partial charge in [-0.3, -0.25) is 0 Å². The molecule has 0 unspecified atom stereocenters. The average molecular weight is 267 g/mol. The molecule has 6 N–H and O–H groups in total. The molecule has 0 saturated carbocycles. The lowest BCUT2D eigenvalue weighted by Crippen LogP contribution is -2.13. The van der Waals surface area contributed by atoms with Crippen LogP contribution in [0.25, 0.3) is 0 Å². The van der Waals surface area contributed by atoms with Crippen LogP contribution in [0.1, 0.15) is 5.69 Å². The van der Waals surface area contributed by atoms with Crippen LogP contribution in [-0.2, 0) is 16.6 Å². The molecular weight excluding hydrogens is 254 g/mol. The molecule has 0 amide bonds. The number of aromatic nitrogens is 2. The van der Waals surface area contributed by atoms with Crippen molar-refractivity contribution in [2.24, 2.45) is 5.14 Å². The maximum atomic E-state index is 11.2. The fourth-order valence-corrected chi connectivity index (χ4v) is 1.98. The number of sulfonamides is 1. The van der Waals surface area contributed by atoms with E-state index in [4.69, 9.17) is 10.9 Å². The summed E-state index contributed by atoms with van der Waals surface area (Å²) in [6.45, 7) is 0.457. The minimum atomic E-state index is -3.73. The molecule has 0 spiro atoms. The van der Waals surface area contributed by atoms with E-state index in [2.05, 4.69) is 15.3 Å². The van der Waals surface area contributed by atoms with Crippen molar-refractivity contribution in [2.45, 2.75) is 11.4 Å². The van der Waals surface area contributed by atoms with Crippen molar-refractivity contribution in [2.75, 3.05) is 11.1 Å². The molecule has 7 nitrogen and oxygen atoms in total. The molecule has 2 rings (SSSR count). The number of nitrogens with zero attached hydrogens (tertiary/aromatic N) is 1. The van der Waals surface area contributed by atoms with Crippen molar-refractivity contribution in [3.63, 3.8) is 0 Å². The number of anilines is 2. The molecule has 2 aromatic rings. The maximum Gasteiger partial charge on any atom is 0.238 e. The molecule has 0 bridgehead atoms. The third kappa shape index (κ3) is 2.79. The number of primary sulfonamides is 1. The first-order valence-electron chi connectivity index (χ1n) is 5.10. The van der Waals surface area contributed by atoms with Gasteiger partial charge in [-0.25, -0.2) is 18.5 Å². The van der Waals surface area contributed by atoms with E-state index in [0.717, 1.165) is 5.69 Å². The Kier molecular flexibility index (Phi) is 3.21. The zero-order valence-electron chi connectivity index (χ0n) is 9.42. The number of aromatic amines is 1. The Hall–Kier alpha value is -2.06. The van der Waals surface area contributed by atoms with Crippen LogP contribution in [-0.4, -0.2) is 18.4 Å². The second kappa shape index (κ2) is 4.67. The van der Waals surface area contributed by atoms with E-state index in [1.165, 1.54) is 18.2 Å². The minimum Gasteiger partial charge on any atom is -0.397 e. The van der Waals surface area contributed by atoms with E-state index in [1.807, 2.05) is 0 Å². The molecule has 0 radical (unpaired) electrons. The highest BCUT2D eigenvalue weighted by Crippen LogP contribution is 2.22. The van der Waals surface area contributed by atoms with Crippen LogP contribution in [0.5, 0.6) is 0 Å². The van der Waals surface area contributed by atoms with Crippen molar-refractivity contribution in [3.8, 4) is 0 Å². The van der Waals surface area contributed by atoms with E-state index in [0.29, 0.717) is 17.9 Å². The van der Waals surface area contributed by atoms with Crippen LogP contribution < -0.4 is 16.2 Å². The van der Waals surface area contributed by atoms with Gasteiger partial charge in [-0.05, 0) is 18.2 Å². The van der Waals surface area contributed by atoms with E-state index < -0.39 is 10.0 Å². The van der Waals surface area contributed by atoms with Gasteiger partial charge in [-0.1, -0.05) is 0 Å². The zero-order chi connectivity index (χ0) is 13.2. The van der Waals surface area contributed by atoms with E-state index in [1.54, 1.807) is 12.5 Å². The third-order valence-electron chi connectivity index (χ3n) is 2.38. The van der Waals surface area contributed by atoms with Gasteiger partial charge in [-0.2, -0.15) is 0 Å². The van der Waals surface area contributed by atoms with Gasteiger partial charge in [0.25, 0.3) is 0 Å². The summed E-state index contributed by atoms with van der Waals surface area (Å²) >= 11 is 0. The summed E-state index contributed by atoms with van der Waals surface area (Å²) in [6.07, 6.45) is 3.22. The number of nitrogens with two attached hydrogens (primary N) is 2. The zero-order valence-corrected chi connectivity index (χ0v) is 10.2. The Morgan fingerprint density at radius 3 is 2.78 bits per heavy atom. The van der Waals surface area contributed by atoms with Crippen LogP contribution in [0.15, 0.2) is 35.6 Å². The summed E-state index contributed by atoms with van der Waals surface area (Å²) in [4.78, 5) is 6.80. The SMILES string of the molecule is Nc1ccc(S(N)(=O)=O)cc1NCc1cnc[nH]1. The van der Waals surface area contributed by atoms with Gasteiger partial charge >= 0.3 is 0 Å². The Bertz CT molecular complexity index is 636. The summed E-state index contributed by atoms with van der Waals surface area (Å²) in [5.74, 6) is 0. The molecule has 0 saturated heterocycles. The van der Waals surface area contributed by atoms with E-state index >= 15 is 0 Å². The molecule has 0 aliphatic heterocycles. The highest BCUT2D eigenvalue weighted by atomic mass is 32.2. The van der Waals surface area contributed by atoms with Crippen molar-refractivity contribution < 1.29 is 8.42 Å². The molecule has 0 fully saturated rings. The molecule has 1 aromatic carbocycles. The largest absolute Gasteiger partial charge is 0.397 e. The standard InChI is InChI=1S/C10H13N5O2S/c11-9-2-1-8(18(12,16)17)3-10(9)14-5-7-4-13-6-15-7/h1-4,6,14H,5,11H2,(H,13,15)(H2,12,16,17). The molecule has 0 aliphatic carbocycles. The van der Waals surface area contributed by atoms with Gasteiger partial charge in [0.15, 0.2) is 0 Å². The fourth-order valence-electron chi connectivity index (χ4n) is 1.44.